The van der Waals surface area contributed by atoms with Crippen molar-refractivity contribution in [2.75, 3.05) is 26.2 Å². The maximum absolute atomic E-state index is 11.0. The minimum Gasteiger partial charge on any atom is -0.300 e. The number of piperazine rings is 1. The fourth-order valence-electron chi connectivity index (χ4n) is 3.26. The topological polar surface area (TPSA) is 23.6 Å². The lowest BCUT2D eigenvalue weighted by molar-refractivity contribution is -0.117. The van der Waals surface area contributed by atoms with Crippen molar-refractivity contribution in [2.45, 2.75) is 58.0 Å². The summed E-state index contributed by atoms with van der Waals surface area (Å²) in [6.07, 6.45) is 5.93. The summed E-state index contributed by atoms with van der Waals surface area (Å²) in [6.45, 7) is 8.88. The van der Waals surface area contributed by atoms with E-state index in [1.807, 2.05) is 0 Å². The van der Waals surface area contributed by atoms with Crippen LogP contribution in [0.5, 0.6) is 0 Å². The summed E-state index contributed by atoms with van der Waals surface area (Å²) in [7, 11) is 0. The van der Waals surface area contributed by atoms with E-state index in [-0.39, 0.29) is 0 Å². The van der Waals surface area contributed by atoms with Gasteiger partial charge in [-0.25, -0.2) is 0 Å². The summed E-state index contributed by atoms with van der Waals surface area (Å²) in [4.78, 5) is 16.2. The molecular weight excluding hydrogens is 212 g/mol. The van der Waals surface area contributed by atoms with Gasteiger partial charge in [-0.1, -0.05) is 6.42 Å². The Bertz CT molecular complexity index is 267. The summed E-state index contributed by atoms with van der Waals surface area (Å²) >= 11 is 0. The Hall–Kier alpha value is -0.410. The highest BCUT2D eigenvalue weighted by atomic mass is 16.1. The van der Waals surface area contributed by atoms with Crippen molar-refractivity contribution in [1.29, 1.82) is 0 Å². The molecule has 2 aliphatic rings. The van der Waals surface area contributed by atoms with E-state index >= 15 is 0 Å². The largest absolute Gasteiger partial charge is 0.300 e. The second-order valence-electron chi connectivity index (χ2n) is 5.79. The Morgan fingerprint density at radius 3 is 2.88 bits per heavy atom. The standard InChI is InChI=1S/C14H26N2O/c1-12-10-16-8-4-3-7-14(16)11-15(12)9-5-6-13(2)17/h12,14H,3-11H2,1-2H3. The summed E-state index contributed by atoms with van der Waals surface area (Å²) in [5.41, 5.74) is 0. The molecule has 0 radical (unpaired) electrons. The lowest BCUT2D eigenvalue weighted by atomic mass is 9.97. The van der Waals surface area contributed by atoms with Crippen LogP contribution in [0.4, 0.5) is 0 Å². The van der Waals surface area contributed by atoms with Gasteiger partial charge in [0.2, 0.25) is 0 Å². The smallest absolute Gasteiger partial charge is 0.129 e. The van der Waals surface area contributed by atoms with Gasteiger partial charge in [0.15, 0.2) is 0 Å². The lowest BCUT2D eigenvalue weighted by Gasteiger charge is -2.47. The predicted octanol–water partition coefficient (Wildman–Crippen LogP) is 1.91. The van der Waals surface area contributed by atoms with Crippen LogP contribution in [-0.2, 0) is 4.79 Å². The molecule has 0 amide bonds. The number of ketones is 1. The average Bonchev–Trinajstić information content (AvgIpc) is 2.29. The predicted molar refractivity (Wildman–Crippen MR) is 70.2 cm³/mol. The van der Waals surface area contributed by atoms with Gasteiger partial charge in [-0.2, -0.15) is 0 Å². The third kappa shape index (κ3) is 3.52. The van der Waals surface area contributed by atoms with E-state index in [2.05, 4.69) is 16.7 Å². The maximum atomic E-state index is 11.0. The van der Waals surface area contributed by atoms with Gasteiger partial charge in [-0.05, 0) is 46.2 Å². The number of hydrogen-bond donors (Lipinski definition) is 0. The van der Waals surface area contributed by atoms with Gasteiger partial charge in [0.05, 0.1) is 0 Å². The maximum Gasteiger partial charge on any atom is 0.129 e. The Morgan fingerprint density at radius 2 is 2.12 bits per heavy atom. The lowest BCUT2D eigenvalue weighted by Crippen LogP contribution is -2.58. The van der Waals surface area contributed by atoms with E-state index in [0.29, 0.717) is 11.8 Å². The highest BCUT2D eigenvalue weighted by Crippen LogP contribution is 2.24. The molecule has 17 heavy (non-hydrogen) atoms. The van der Waals surface area contributed by atoms with E-state index in [4.69, 9.17) is 0 Å². The fraction of sp³-hybridized carbons (Fsp3) is 0.929. The average molecular weight is 238 g/mol. The molecule has 98 valence electrons. The van der Waals surface area contributed by atoms with Gasteiger partial charge in [0.25, 0.3) is 0 Å². The minimum atomic E-state index is 0.328. The molecule has 0 aromatic carbocycles. The number of nitrogens with zero attached hydrogens (tertiary/aromatic N) is 2. The van der Waals surface area contributed by atoms with Crippen LogP contribution in [0.3, 0.4) is 0 Å². The molecule has 0 N–H and O–H groups in total. The van der Waals surface area contributed by atoms with Crippen LogP contribution >= 0.6 is 0 Å². The molecule has 2 saturated heterocycles. The molecular formula is C14H26N2O. The Morgan fingerprint density at radius 1 is 1.29 bits per heavy atom. The zero-order chi connectivity index (χ0) is 12.3. The van der Waals surface area contributed by atoms with Crippen LogP contribution in [0.1, 0.15) is 46.0 Å². The number of rotatable bonds is 4. The van der Waals surface area contributed by atoms with Crippen LogP contribution in [0.15, 0.2) is 0 Å². The normalized spacial score (nSPS) is 31.2. The Labute approximate surface area is 105 Å². The van der Waals surface area contributed by atoms with Crippen LogP contribution in [0, 0.1) is 0 Å². The first-order chi connectivity index (χ1) is 8.16. The van der Waals surface area contributed by atoms with Gasteiger partial charge >= 0.3 is 0 Å². The van der Waals surface area contributed by atoms with Gasteiger partial charge in [0.1, 0.15) is 5.78 Å². The van der Waals surface area contributed by atoms with Crippen LogP contribution in [0.2, 0.25) is 0 Å². The van der Waals surface area contributed by atoms with Gasteiger partial charge in [-0.3, -0.25) is 9.80 Å². The molecule has 2 rings (SSSR count). The van der Waals surface area contributed by atoms with E-state index in [1.54, 1.807) is 6.92 Å². The minimum absolute atomic E-state index is 0.328. The second-order valence-corrected chi connectivity index (χ2v) is 5.79. The molecule has 2 unspecified atom stereocenters. The molecule has 2 heterocycles. The monoisotopic (exact) mass is 238 g/mol. The van der Waals surface area contributed by atoms with Gasteiger partial charge in [-0.15, -0.1) is 0 Å². The summed E-state index contributed by atoms with van der Waals surface area (Å²) in [6, 6.07) is 1.45. The number of Topliss-reactive ketones (excluding diaryl/α,β-unsaturated/α-hetero) is 1. The fourth-order valence-corrected chi connectivity index (χ4v) is 3.26. The van der Waals surface area contributed by atoms with Crippen molar-refractivity contribution in [3.05, 3.63) is 0 Å². The molecule has 0 aliphatic carbocycles. The number of fused-ring (bicyclic) bond motifs is 1. The molecule has 2 atom stereocenters. The SMILES string of the molecule is CC(=O)CCCN1CC2CCCCN2CC1C. The third-order valence-electron chi connectivity index (χ3n) is 4.29. The summed E-state index contributed by atoms with van der Waals surface area (Å²) in [5, 5.41) is 0. The van der Waals surface area contributed by atoms with Crippen molar-refractivity contribution in [3.63, 3.8) is 0 Å². The second kappa shape index (κ2) is 5.96. The zero-order valence-electron chi connectivity index (χ0n) is 11.3. The summed E-state index contributed by atoms with van der Waals surface area (Å²) in [5.74, 6) is 0.328. The quantitative estimate of drug-likeness (QED) is 0.747. The van der Waals surface area contributed by atoms with Crippen molar-refractivity contribution in [3.8, 4) is 0 Å². The van der Waals surface area contributed by atoms with Crippen molar-refractivity contribution < 1.29 is 4.79 Å². The molecule has 2 aliphatic heterocycles. The molecule has 3 heteroatoms. The number of piperidine rings is 1. The first kappa shape index (κ1) is 13.0. The van der Waals surface area contributed by atoms with Crippen molar-refractivity contribution in [1.82, 2.24) is 9.80 Å². The highest BCUT2D eigenvalue weighted by Gasteiger charge is 2.32. The van der Waals surface area contributed by atoms with Crippen molar-refractivity contribution in [2.24, 2.45) is 0 Å². The highest BCUT2D eigenvalue weighted by molar-refractivity contribution is 5.75. The number of carbonyl (C=O) groups excluding carboxylic acids is 1. The molecule has 3 nitrogen and oxygen atoms in total. The molecule has 0 saturated carbocycles. The van der Waals surface area contributed by atoms with Crippen LogP contribution in [0.25, 0.3) is 0 Å². The summed E-state index contributed by atoms with van der Waals surface area (Å²) < 4.78 is 0. The van der Waals surface area contributed by atoms with E-state index in [1.165, 1.54) is 38.9 Å². The number of carbonyl (C=O) groups is 1. The van der Waals surface area contributed by atoms with Crippen molar-refractivity contribution >= 4 is 5.78 Å². The van der Waals surface area contributed by atoms with E-state index < -0.39 is 0 Å². The molecule has 2 fully saturated rings. The Kier molecular flexibility index (Phi) is 4.57. The zero-order valence-corrected chi connectivity index (χ0v) is 11.3. The van der Waals surface area contributed by atoms with Gasteiger partial charge in [0, 0.05) is 31.6 Å². The van der Waals surface area contributed by atoms with Crippen LogP contribution < -0.4 is 0 Å². The third-order valence-corrected chi connectivity index (χ3v) is 4.29. The molecule has 0 bridgehead atoms. The van der Waals surface area contributed by atoms with Gasteiger partial charge < -0.3 is 4.79 Å². The Balaban J connectivity index is 1.80. The van der Waals surface area contributed by atoms with E-state index in [9.17, 15) is 4.79 Å². The first-order valence-electron chi connectivity index (χ1n) is 7.14. The number of hydrogen-bond acceptors (Lipinski definition) is 3. The van der Waals surface area contributed by atoms with Crippen LogP contribution in [-0.4, -0.2) is 53.8 Å². The molecule has 0 aromatic heterocycles. The molecule has 0 spiro atoms. The first-order valence-corrected chi connectivity index (χ1v) is 7.14. The molecule has 0 aromatic rings. The van der Waals surface area contributed by atoms with E-state index in [0.717, 1.165) is 25.4 Å².